The van der Waals surface area contributed by atoms with Gasteiger partial charge in [-0.15, -0.1) is 0 Å². The molecule has 1 heterocycles. The van der Waals surface area contributed by atoms with E-state index in [0.29, 0.717) is 12.8 Å². The molecule has 1 unspecified atom stereocenters. The summed E-state index contributed by atoms with van der Waals surface area (Å²) in [6.07, 6.45) is 0.965. The van der Waals surface area contributed by atoms with Crippen molar-refractivity contribution < 1.29 is 19.6 Å². The van der Waals surface area contributed by atoms with Crippen molar-refractivity contribution in [2.24, 2.45) is 0 Å². The Morgan fingerprint density at radius 1 is 1.63 bits per heavy atom. The van der Waals surface area contributed by atoms with Gasteiger partial charge in [0, 0.05) is 12.1 Å². The number of carbonyl (C=O) groups is 1. The lowest BCUT2D eigenvalue weighted by Crippen LogP contribution is -2.29. The lowest BCUT2D eigenvalue weighted by molar-refractivity contribution is -0.384. The number of carboxylic acid groups (broad SMARTS) is 1. The number of rotatable bonds is 7. The van der Waals surface area contributed by atoms with Crippen molar-refractivity contribution in [3.05, 3.63) is 22.2 Å². The lowest BCUT2D eigenvalue weighted by atomic mass is 10.1. The van der Waals surface area contributed by atoms with Crippen LogP contribution in [0.25, 0.3) is 0 Å². The summed E-state index contributed by atoms with van der Waals surface area (Å²) < 4.78 is 4.87. The first-order valence-corrected chi connectivity index (χ1v) is 5.68. The number of aliphatic carboxylic acids is 1. The fourth-order valence-electron chi connectivity index (χ4n) is 1.51. The highest BCUT2D eigenvalue weighted by molar-refractivity contribution is 5.78. The number of nitrogens with one attached hydrogen (secondary N) is 1. The van der Waals surface area contributed by atoms with Crippen LogP contribution < -0.4 is 10.1 Å². The van der Waals surface area contributed by atoms with E-state index in [1.165, 1.54) is 19.2 Å². The van der Waals surface area contributed by atoms with Gasteiger partial charge in [0.1, 0.15) is 6.04 Å². The molecular weight excluding hydrogens is 254 g/mol. The van der Waals surface area contributed by atoms with E-state index in [2.05, 4.69) is 10.3 Å². The first-order valence-electron chi connectivity index (χ1n) is 5.68. The van der Waals surface area contributed by atoms with Crippen molar-refractivity contribution in [2.75, 3.05) is 12.4 Å². The number of aromatic nitrogens is 1. The molecule has 19 heavy (non-hydrogen) atoms. The molecule has 0 saturated carbocycles. The Morgan fingerprint density at radius 2 is 2.32 bits per heavy atom. The van der Waals surface area contributed by atoms with Crippen LogP contribution in [0.3, 0.4) is 0 Å². The SMILES string of the molecule is CCCC(Nc1nc(OC)ccc1[N+](=O)[O-])C(=O)O. The van der Waals surface area contributed by atoms with Gasteiger partial charge in [0.2, 0.25) is 11.7 Å². The first kappa shape index (κ1) is 14.7. The van der Waals surface area contributed by atoms with Gasteiger partial charge in [-0.25, -0.2) is 4.79 Å². The minimum Gasteiger partial charge on any atom is -0.481 e. The van der Waals surface area contributed by atoms with Crippen LogP contribution in [0.1, 0.15) is 19.8 Å². The van der Waals surface area contributed by atoms with Crippen molar-refractivity contribution >= 4 is 17.5 Å². The number of hydrogen-bond acceptors (Lipinski definition) is 6. The number of anilines is 1. The van der Waals surface area contributed by atoms with E-state index < -0.39 is 16.9 Å². The fraction of sp³-hybridized carbons (Fsp3) is 0.455. The molecular formula is C11H15N3O5. The predicted molar refractivity (Wildman–Crippen MR) is 67.4 cm³/mol. The minimum atomic E-state index is -1.08. The zero-order valence-corrected chi connectivity index (χ0v) is 10.6. The molecule has 0 aliphatic heterocycles. The van der Waals surface area contributed by atoms with E-state index in [0.717, 1.165) is 0 Å². The Morgan fingerprint density at radius 3 is 2.79 bits per heavy atom. The quantitative estimate of drug-likeness (QED) is 0.571. The summed E-state index contributed by atoms with van der Waals surface area (Å²) in [5.41, 5.74) is -0.289. The average Bonchev–Trinajstić information content (AvgIpc) is 2.37. The molecule has 0 amide bonds. The van der Waals surface area contributed by atoms with Crippen molar-refractivity contribution in [1.82, 2.24) is 4.98 Å². The maximum Gasteiger partial charge on any atom is 0.326 e. The second kappa shape index (κ2) is 6.53. The molecule has 0 radical (unpaired) electrons. The third-order valence-electron chi connectivity index (χ3n) is 2.44. The zero-order valence-electron chi connectivity index (χ0n) is 10.6. The van der Waals surface area contributed by atoms with E-state index in [9.17, 15) is 14.9 Å². The van der Waals surface area contributed by atoms with Gasteiger partial charge in [-0.3, -0.25) is 10.1 Å². The third kappa shape index (κ3) is 3.80. The van der Waals surface area contributed by atoms with Gasteiger partial charge in [-0.05, 0) is 6.42 Å². The van der Waals surface area contributed by atoms with Crippen LogP contribution in [0, 0.1) is 10.1 Å². The number of ether oxygens (including phenoxy) is 1. The molecule has 8 heteroatoms. The number of hydrogen-bond donors (Lipinski definition) is 2. The molecule has 0 aromatic carbocycles. The molecule has 0 saturated heterocycles. The molecule has 8 nitrogen and oxygen atoms in total. The van der Waals surface area contributed by atoms with Crippen molar-refractivity contribution in [1.29, 1.82) is 0 Å². The lowest BCUT2D eigenvalue weighted by Gasteiger charge is -2.14. The Hall–Kier alpha value is -2.38. The van der Waals surface area contributed by atoms with E-state index in [1.54, 1.807) is 0 Å². The maximum absolute atomic E-state index is 11.0. The molecule has 0 bridgehead atoms. The van der Waals surface area contributed by atoms with Gasteiger partial charge in [0.15, 0.2) is 0 Å². The van der Waals surface area contributed by atoms with Crippen molar-refractivity contribution in [3.63, 3.8) is 0 Å². The van der Waals surface area contributed by atoms with Crippen LogP contribution in [-0.4, -0.2) is 34.1 Å². The van der Waals surface area contributed by atoms with E-state index in [-0.39, 0.29) is 17.4 Å². The second-order valence-electron chi connectivity index (χ2n) is 3.80. The summed E-state index contributed by atoms with van der Waals surface area (Å²) >= 11 is 0. The Labute approximate surface area is 109 Å². The van der Waals surface area contributed by atoms with E-state index >= 15 is 0 Å². The highest BCUT2D eigenvalue weighted by Crippen LogP contribution is 2.26. The highest BCUT2D eigenvalue weighted by atomic mass is 16.6. The predicted octanol–water partition coefficient (Wildman–Crippen LogP) is 1.66. The number of nitro groups is 1. The number of nitrogens with zero attached hydrogens (tertiary/aromatic N) is 2. The largest absolute Gasteiger partial charge is 0.481 e. The molecule has 1 atom stereocenters. The summed E-state index contributed by atoms with van der Waals surface area (Å²) in [5, 5.41) is 22.5. The van der Waals surface area contributed by atoms with Gasteiger partial charge in [-0.1, -0.05) is 13.3 Å². The van der Waals surface area contributed by atoms with Gasteiger partial charge in [0.25, 0.3) is 0 Å². The van der Waals surface area contributed by atoms with Crippen LogP contribution in [-0.2, 0) is 4.79 Å². The molecule has 104 valence electrons. The molecule has 1 aromatic heterocycles. The molecule has 0 aliphatic rings. The molecule has 2 N–H and O–H groups in total. The number of methoxy groups -OCH3 is 1. The molecule has 0 spiro atoms. The van der Waals surface area contributed by atoms with Crippen LogP contribution in [0.15, 0.2) is 12.1 Å². The highest BCUT2D eigenvalue weighted by Gasteiger charge is 2.23. The van der Waals surface area contributed by atoms with Gasteiger partial charge >= 0.3 is 11.7 Å². The Kier molecular flexibility index (Phi) is 5.04. The van der Waals surface area contributed by atoms with Gasteiger partial charge in [0.05, 0.1) is 12.0 Å². The molecule has 1 aromatic rings. The normalized spacial score (nSPS) is 11.7. The molecule has 0 fully saturated rings. The summed E-state index contributed by atoms with van der Waals surface area (Å²) in [7, 11) is 1.37. The number of pyridine rings is 1. The topological polar surface area (TPSA) is 115 Å². The van der Waals surface area contributed by atoms with Crippen LogP contribution in [0.5, 0.6) is 5.88 Å². The van der Waals surface area contributed by atoms with Crippen molar-refractivity contribution in [2.45, 2.75) is 25.8 Å². The van der Waals surface area contributed by atoms with Crippen LogP contribution >= 0.6 is 0 Å². The minimum absolute atomic E-state index is 0.106. The van der Waals surface area contributed by atoms with E-state index in [4.69, 9.17) is 9.84 Å². The average molecular weight is 269 g/mol. The number of carboxylic acids is 1. The smallest absolute Gasteiger partial charge is 0.326 e. The van der Waals surface area contributed by atoms with Gasteiger partial charge in [-0.2, -0.15) is 4.98 Å². The maximum atomic E-state index is 11.0. The van der Waals surface area contributed by atoms with Crippen LogP contribution in [0.2, 0.25) is 0 Å². The summed E-state index contributed by atoms with van der Waals surface area (Å²) in [6.45, 7) is 1.82. The van der Waals surface area contributed by atoms with E-state index in [1.807, 2.05) is 6.92 Å². The van der Waals surface area contributed by atoms with Crippen molar-refractivity contribution in [3.8, 4) is 5.88 Å². The standard InChI is InChI=1S/C11H15N3O5/c1-3-4-7(11(15)16)12-10-8(14(17)18)5-6-9(13-10)19-2/h5-7H,3-4H2,1-2H3,(H,12,13)(H,15,16). The Balaban J connectivity index is 3.08. The third-order valence-corrected chi connectivity index (χ3v) is 2.44. The summed E-state index contributed by atoms with van der Waals surface area (Å²) in [5.74, 6) is -1.01. The second-order valence-corrected chi connectivity index (χ2v) is 3.80. The van der Waals surface area contributed by atoms with Crippen LogP contribution in [0.4, 0.5) is 11.5 Å². The summed E-state index contributed by atoms with van der Waals surface area (Å²) in [4.78, 5) is 25.2. The fourth-order valence-corrected chi connectivity index (χ4v) is 1.51. The zero-order chi connectivity index (χ0) is 14.4. The molecule has 0 aliphatic carbocycles. The van der Waals surface area contributed by atoms with Gasteiger partial charge < -0.3 is 15.2 Å². The Bertz CT molecular complexity index is 477. The first-order chi connectivity index (χ1) is 8.99. The monoisotopic (exact) mass is 269 g/mol. The molecule has 1 rings (SSSR count). The summed E-state index contributed by atoms with van der Waals surface area (Å²) in [6, 6.07) is 1.64.